The van der Waals surface area contributed by atoms with Crippen LogP contribution in [0.25, 0.3) is 0 Å². The summed E-state index contributed by atoms with van der Waals surface area (Å²) in [4.78, 5) is 2.39. The van der Waals surface area contributed by atoms with Crippen LogP contribution in [0.1, 0.15) is 36.5 Å². The zero-order valence-corrected chi connectivity index (χ0v) is 11.0. The van der Waals surface area contributed by atoms with E-state index in [1.165, 1.54) is 12.8 Å². The second kappa shape index (κ2) is 6.67. The fourth-order valence-electron chi connectivity index (χ4n) is 2.50. The van der Waals surface area contributed by atoms with Gasteiger partial charge in [0.25, 0.3) is 0 Å². The number of hydrogen-bond donors (Lipinski definition) is 2. The molecule has 19 heavy (non-hydrogen) atoms. The van der Waals surface area contributed by atoms with Crippen LogP contribution >= 0.6 is 0 Å². The number of aliphatic hydroxyl groups is 2. The minimum Gasteiger partial charge on any atom is -0.389 e. The highest BCUT2D eigenvalue weighted by molar-refractivity contribution is 5.26. The van der Waals surface area contributed by atoms with E-state index in [4.69, 9.17) is 5.26 Å². The highest BCUT2D eigenvalue weighted by atomic mass is 16.3. The molecule has 102 valence electrons. The molecule has 0 bridgehead atoms. The Morgan fingerprint density at radius 3 is 2.68 bits per heavy atom. The van der Waals surface area contributed by atoms with Gasteiger partial charge in [-0.25, -0.2) is 0 Å². The summed E-state index contributed by atoms with van der Waals surface area (Å²) in [5, 5.41) is 28.2. The number of rotatable bonds is 5. The Bertz CT molecular complexity index is 450. The van der Waals surface area contributed by atoms with Crippen LogP contribution in [0, 0.1) is 11.3 Å². The molecule has 2 rings (SSSR count). The van der Waals surface area contributed by atoms with Crippen LogP contribution < -0.4 is 0 Å². The van der Waals surface area contributed by atoms with Crippen molar-refractivity contribution >= 4 is 0 Å². The van der Waals surface area contributed by atoms with E-state index in [0.29, 0.717) is 5.56 Å². The molecule has 4 heteroatoms. The summed E-state index contributed by atoms with van der Waals surface area (Å²) >= 11 is 0. The van der Waals surface area contributed by atoms with E-state index in [1.54, 1.807) is 6.07 Å². The molecule has 1 aliphatic heterocycles. The maximum Gasteiger partial charge on any atom is 0.106 e. The van der Waals surface area contributed by atoms with Gasteiger partial charge in [0.05, 0.1) is 18.6 Å². The summed E-state index contributed by atoms with van der Waals surface area (Å²) < 4.78 is 0. The average Bonchev–Trinajstić information content (AvgIpc) is 2.91. The van der Waals surface area contributed by atoms with Gasteiger partial charge in [-0.1, -0.05) is 24.3 Å². The zero-order valence-electron chi connectivity index (χ0n) is 11.0. The Kier molecular flexibility index (Phi) is 4.92. The Morgan fingerprint density at radius 1 is 1.26 bits per heavy atom. The molecule has 1 fully saturated rings. The summed E-state index contributed by atoms with van der Waals surface area (Å²) in [5.41, 5.74) is 1.82. The largest absolute Gasteiger partial charge is 0.389 e. The van der Waals surface area contributed by atoms with Crippen LogP contribution in [0.15, 0.2) is 24.3 Å². The lowest BCUT2D eigenvalue weighted by molar-refractivity contribution is 0.0216. The zero-order chi connectivity index (χ0) is 13.7. The number of nitrogens with zero attached hydrogens (tertiary/aromatic N) is 2. The lowest BCUT2D eigenvalue weighted by Crippen LogP contribution is -2.20. The number of aliphatic hydroxyl groups excluding tert-OH is 2. The summed E-state index contributed by atoms with van der Waals surface area (Å²) in [6, 6.07) is 9.51. The summed E-state index contributed by atoms with van der Waals surface area (Å²) in [6.07, 6.45) is 0.439. The van der Waals surface area contributed by atoms with Gasteiger partial charge >= 0.3 is 0 Å². The molecule has 2 N–H and O–H groups in total. The van der Waals surface area contributed by atoms with Crippen molar-refractivity contribution in [1.29, 1.82) is 5.26 Å². The summed E-state index contributed by atoms with van der Waals surface area (Å²) in [6.45, 7) is 3.14. The number of benzene rings is 1. The third kappa shape index (κ3) is 3.77. The van der Waals surface area contributed by atoms with Crippen LogP contribution in [0.4, 0.5) is 0 Å². The number of likely N-dealkylation sites (tertiary alicyclic amines) is 1. The molecule has 0 spiro atoms. The van der Waals surface area contributed by atoms with E-state index in [2.05, 4.69) is 4.90 Å². The molecule has 1 aromatic rings. The molecule has 2 atom stereocenters. The molecule has 1 aliphatic rings. The minimum absolute atomic E-state index is 0.0580. The molecule has 2 unspecified atom stereocenters. The molecule has 4 nitrogen and oxygen atoms in total. The highest BCUT2D eigenvalue weighted by Gasteiger charge is 2.19. The maximum atomic E-state index is 9.99. The Hall–Kier alpha value is -1.41. The van der Waals surface area contributed by atoms with Gasteiger partial charge in [-0.05, 0) is 37.1 Å². The predicted octanol–water partition coefficient (Wildman–Crippen LogP) is 1.59. The van der Waals surface area contributed by atoms with Gasteiger partial charge in [0.15, 0.2) is 0 Å². The van der Waals surface area contributed by atoms with Crippen molar-refractivity contribution in [3.05, 3.63) is 35.4 Å². The molecule has 1 aromatic carbocycles. The van der Waals surface area contributed by atoms with E-state index in [1.807, 2.05) is 24.3 Å². The molecule has 0 aliphatic carbocycles. The molecule has 0 radical (unpaired) electrons. The van der Waals surface area contributed by atoms with Crippen LogP contribution in [0.2, 0.25) is 0 Å². The van der Waals surface area contributed by atoms with E-state index in [0.717, 1.165) is 25.2 Å². The second-order valence-electron chi connectivity index (χ2n) is 5.10. The topological polar surface area (TPSA) is 67.5 Å². The Labute approximate surface area is 113 Å². The Morgan fingerprint density at radius 2 is 2.00 bits per heavy atom. The molecule has 1 saturated heterocycles. The van der Waals surface area contributed by atoms with E-state index >= 15 is 0 Å². The first-order chi connectivity index (χ1) is 9.20. The average molecular weight is 260 g/mol. The SMILES string of the molecule is N#CCC(O)C(O)c1cccc(CN2CCCC2)c1. The van der Waals surface area contributed by atoms with E-state index < -0.39 is 12.2 Å². The smallest absolute Gasteiger partial charge is 0.106 e. The predicted molar refractivity (Wildman–Crippen MR) is 72.1 cm³/mol. The van der Waals surface area contributed by atoms with Gasteiger partial charge in [0.1, 0.15) is 6.10 Å². The lowest BCUT2D eigenvalue weighted by atomic mass is 10.0. The van der Waals surface area contributed by atoms with Gasteiger partial charge in [-0.3, -0.25) is 4.90 Å². The summed E-state index contributed by atoms with van der Waals surface area (Å²) in [5.74, 6) is 0. The minimum atomic E-state index is -1.02. The van der Waals surface area contributed by atoms with Crippen molar-refractivity contribution < 1.29 is 10.2 Å². The number of nitriles is 1. The van der Waals surface area contributed by atoms with E-state index in [-0.39, 0.29) is 6.42 Å². The van der Waals surface area contributed by atoms with Gasteiger partial charge in [-0.2, -0.15) is 5.26 Å². The first-order valence-corrected chi connectivity index (χ1v) is 6.75. The molecule has 0 saturated carbocycles. The Balaban J connectivity index is 2.03. The monoisotopic (exact) mass is 260 g/mol. The lowest BCUT2D eigenvalue weighted by Gasteiger charge is -2.18. The van der Waals surface area contributed by atoms with Gasteiger partial charge in [0, 0.05) is 6.54 Å². The van der Waals surface area contributed by atoms with Crippen molar-refractivity contribution in [2.45, 2.75) is 38.0 Å². The van der Waals surface area contributed by atoms with Crippen LogP contribution in [-0.2, 0) is 6.54 Å². The van der Waals surface area contributed by atoms with Gasteiger partial charge in [-0.15, -0.1) is 0 Å². The van der Waals surface area contributed by atoms with Gasteiger partial charge < -0.3 is 10.2 Å². The third-order valence-corrected chi connectivity index (χ3v) is 3.56. The first kappa shape index (κ1) is 14.0. The first-order valence-electron chi connectivity index (χ1n) is 6.75. The molecule has 0 amide bonds. The molecule has 0 aromatic heterocycles. The summed E-state index contributed by atoms with van der Waals surface area (Å²) in [7, 11) is 0. The standard InChI is InChI=1S/C15H20N2O2/c16-7-6-14(18)15(19)13-5-3-4-12(10-13)11-17-8-1-2-9-17/h3-5,10,14-15,18-19H,1-2,6,8-9,11H2. The number of hydrogen-bond acceptors (Lipinski definition) is 4. The molecular weight excluding hydrogens is 240 g/mol. The fourth-order valence-corrected chi connectivity index (χ4v) is 2.50. The fraction of sp³-hybridized carbons (Fsp3) is 0.533. The normalized spacial score (nSPS) is 19.0. The van der Waals surface area contributed by atoms with Crippen molar-refractivity contribution in [1.82, 2.24) is 4.90 Å². The quantitative estimate of drug-likeness (QED) is 0.843. The van der Waals surface area contributed by atoms with E-state index in [9.17, 15) is 10.2 Å². The third-order valence-electron chi connectivity index (χ3n) is 3.56. The van der Waals surface area contributed by atoms with Crippen LogP contribution in [-0.4, -0.2) is 34.3 Å². The van der Waals surface area contributed by atoms with Crippen molar-refractivity contribution in [2.24, 2.45) is 0 Å². The van der Waals surface area contributed by atoms with Crippen molar-refractivity contribution in [3.63, 3.8) is 0 Å². The highest BCUT2D eigenvalue weighted by Crippen LogP contribution is 2.21. The van der Waals surface area contributed by atoms with Crippen molar-refractivity contribution in [2.75, 3.05) is 13.1 Å². The van der Waals surface area contributed by atoms with Crippen LogP contribution in [0.5, 0.6) is 0 Å². The van der Waals surface area contributed by atoms with Gasteiger partial charge in [0.2, 0.25) is 0 Å². The second-order valence-corrected chi connectivity index (χ2v) is 5.10. The van der Waals surface area contributed by atoms with Crippen molar-refractivity contribution in [3.8, 4) is 6.07 Å². The van der Waals surface area contributed by atoms with Crippen LogP contribution in [0.3, 0.4) is 0 Å². The molecular formula is C15H20N2O2. The molecule has 1 heterocycles. The maximum absolute atomic E-state index is 9.99.